The molecular formula is C20H19N5O3S2. The highest BCUT2D eigenvalue weighted by Gasteiger charge is 2.25. The molecule has 30 heavy (non-hydrogen) atoms. The van der Waals surface area contributed by atoms with Crippen LogP contribution in [0, 0.1) is 21.4 Å². The van der Waals surface area contributed by atoms with E-state index in [1.807, 2.05) is 4.90 Å². The van der Waals surface area contributed by atoms with Gasteiger partial charge in [0.25, 0.3) is 11.6 Å². The number of carbonyl (C=O) groups excluding carboxylic acids is 1. The quantitative estimate of drug-likeness (QED) is 0.422. The predicted molar refractivity (Wildman–Crippen MR) is 119 cm³/mol. The van der Waals surface area contributed by atoms with Gasteiger partial charge in [-0.1, -0.05) is 0 Å². The standard InChI is InChI=1S/C20H19N5O3S2/c21-11-14-13-4-3-5-17(13)30-19(14)23-20(29)22-18(26)12-6-7-15(16(10-12)25(27)28)24-8-1-2-9-24/h6-7,10H,1-5,8-9H2,(H2,22,23,26,29). The third kappa shape index (κ3) is 3.86. The van der Waals surface area contributed by atoms with Gasteiger partial charge < -0.3 is 10.2 Å². The highest BCUT2D eigenvalue weighted by molar-refractivity contribution is 7.80. The molecule has 0 atom stereocenters. The van der Waals surface area contributed by atoms with E-state index in [-0.39, 0.29) is 16.4 Å². The van der Waals surface area contributed by atoms with E-state index in [9.17, 15) is 20.2 Å². The summed E-state index contributed by atoms with van der Waals surface area (Å²) in [4.78, 5) is 26.8. The molecule has 10 heteroatoms. The van der Waals surface area contributed by atoms with Crippen molar-refractivity contribution < 1.29 is 9.72 Å². The van der Waals surface area contributed by atoms with E-state index in [0.29, 0.717) is 16.3 Å². The Hall–Kier alpha value is -3.03. The summed E-state index contributed by atoms with van der Waals surface area (Å²) in [6, 6.07) is 6.68. The van der Waals surface area contributed by atoms with E-state index in [4.69, 9.17) is 12.2 Å². The second-order valence-corrected chi connectivity index (χ2v) is 8.75. The third-order valence-corrected chi connectivity index (χ3v) is 6.78. The number of hydrogen-bond acceptors (Lipinski definition) is 7. The van der Waals surface area contributed by atoms with Crippen LogP contribution in [0.1, 0.15) is 45.6 Å². The van der Waals surface area contributed by atoms with Crippen molar-refractivity contribution in [3.63, 3.8) is 0 Å². The molecule has 1 saturated heterocycles. The summed E-state index contributed by atoms with van der Waals surface area (Å²) in [5.41, 5.74) is 2.23. The minimum absolute atomic E-state index is 0.0581. The van der Waals surface area contributed by atoms with E-state index in [0.717, 1.165) is 50.8 Å². The average molecular weight is 442 g/mol. The van der Waals surface area contributed by atoms with Gasteiger partial charge in [0, 0.05) is 29.6 Å². The average Bonchev–Trinajstić information content (AvgIpc) is 3.45. The van der Waals surface area contributed by atoms with Crippen LogP contribution in [-0.4, -0.2) is 29.0 Å². The number of nitriles is 1. The van der Waals surface area contributed by atoms with E-state index < -0.39 is 10.8 Å². The van der Waals surface area contributed by atoms with Crippen LogP contribution in [0.3, 0.4) is 0 Å². The Morgan fingerprint density at radius 2 is 2.03 bits per heavy atom. The number of benzene rings is 1. The molecule has 1 aliphatic carbocycles. The van der Waals surface area contributed by atoms with Gasteiger partial charge in [-0.25, -0.2) is 0 Å². The van der Waals surface area contributed by atoms with Crippen molar-refractivity contribution in [2.45, 2.75) is 32.1 Å². The van der Waals surface area contributed by atoms with Crippen molar-refractivity contribution in [1.82, 2.24) is 5.32 Å². The molecule has 1 fully saturated rings. The fraction of sp³-hybridized carbons (Fsp3) is 0.350. The van der Waals surface area contributed by atoms with Crippen LogP contribution in [0.15, 0.2) is 18.2 Å². The van der Waals surface area contributed by atoms with Crippen LogP contribution in [0.2, 0.25) is 0 Å². The van der Waals surface area contributed by atoms with Crippen molar-refractivity contribution in [2.24, 2.45) is 0 Å². The normalized spacial score (nSPS) is 14.8. The molecule has 1 aromatic carbocycles. The van der Waals surface area contributed by atoms with Gasteiger partial charge >= 0.3 is 0 Å². The van der Waals surface area contributed by atoms with Crippen molar-refractivity contribution in [3.8, 4) is 6.07 Å². The summed E-state index contributed by atoms with van der Waals surface area (Å²) >= 11 is 6.72. The molecule has 0 radical (unpaired) electrons. The number of nitrogens with zero attached hydrogens (tertiary/aromatic N) is 3. The van der Waals surface area contributed by atoms with Crippen molar-refractivity contribution in [2.75, 3.05) is 23.3 Å². The molecule has 154 valence electrons. The lowest BCUT2D eigenvalue weighted by Gasteiger charge is -2.18. The molecule has 1 amide bonds. The maximum atomic E-state index is 12.6. The maximum absolute atomic E-state index is 12.6. The van der Waals surface area contributed by atoms with Crippen molar-refractivity contribution in [1.29, 1.82) is 5.26 Å². The van der Waals surface area contributed by atoms with Gasteiger partial charge in [0.2, 0.25) is 0 Å². The number of aryl methyl sites for hydroxylation is 1. The van der Waals surface area contributed by atoms with E-state index in [2.05, 4.69) is 16.7 Å². The number of anilines is 2. The molecule has 2 aliphatic rings. The molecule has 2 aromatic rings. The predicted octanol–water partition coefficient (Wildman–Crippen LogP) is 3.74. The van der Waals surface area contributed by atoms with E-state index >= 15 is 0 Å². The van der Waals surface area contributed by atoms with E-state index in [1.54, 1.807) is 12.1 Å². The van der Waals surface area contributed by atoms with Gasteiger partial charge in [-0.3, -0.25) is 20.2 Å². The summed E-state index contributed by atoms with van der Waals surface area (Å²) in [5, 5.41) is 27.2. The Bertz CT molecular complexity index is 1080. The third-order valence-electron chi connectivity index (χ3n) is 5.37. The SMILES string of the molecule is N#Cc1c(NC(=S)NC(=O)c2ccc(N3CCCC3)c([N+](=O)[O-])c2)sc2c1CCC2. The number of amides is 1. The maximum Gasteiger partial charge on any atom is 0.293 e. The summed E-state index contributed by atoms with van der Waals surface area (Å²) in [7, 11) is 0. The van der Waals surface area contributed by atoms with Gasteiger partial charge in [0.15, 0.2) is 5.11 Å². The van der Waals surface area contributed by atoms with Crippen molar-refractivity contribution in [3.05, 3.63) is 49.9 Å². The highest BCUT2D eigenvalue weighted by Crippen LogP contribution is 2.38. The summed E-state index contributed by atoms with van der Waals surface area (Å²) in [5.74, 6) is -0.536. The molecule has 0 spiro atoms. The number of rotatable bonds is 4. The zero-order valence-corrected chi connectivity index (χ0v) is 17.7. The number of nitro benzene ring substituents is 1. The number of thiophene rings is 1. The van der Waals surface area contributed by atoms with Crippen LogP contribution < -0.4 is 15.5 Å². The molecule has 1 aliphatic heterocycles. The fourth-order valence-electron chi connectivity index (χ4n) is 3.96. The molecule has 2 heterocycles. The molecule has 4 rings (SSSR count). The lowest BCUT2D eigenvalue weighted by atomic mass is 10.1. The zero-order chi connectivity index (χ0) is 21.3. The molecule has 0 saturated carbocycles. The van der Waals surface area contributed by atoms with Gasteiger partial charge in [0.1, 0.15) is 16.8 Å². The highest BCUT2D eigenvalue weighted by atomic mass is 32.1. The van der Waals surface area contributed by atoms with Crippen LogP contribution >= 0.6 is 23.6 Å². The molecule has 0 bridgehead atoms. The van der Waals surface area contributed by atoms with Gasteiger partial charge in [-0.2, -0.15) is 5.26 Å². The number of nitro groups is 1. The van der Waals surface area contributed by atoms with Crippen LogP contribution in [0.5, 0.6) is 0 Å². The Kier molecular flexibility index (Phi) is 5.65. The van der Waals surface area contributed by atoms with Crippen molar-refractivity contribution >= 4 is 51.0 Å². The topological polar surface area (TPSA) is 111 Å². The van der Waals surface area contributed by atoms with Crippen LogP contribution in [0.25, 0.3) is 0 Å². The Balaban J connectivity index is 1.48. The van der Waals surface area contributed by atoms with E-state index in [1.165, 1.54) is 22.3 Å². The number of carbonyl (C=O) groups is 1. The first kappa shape index (κ1) is 20.3. The summed E-state index contributed by atoms with van der Waals surface area (Å²) in [6.45, 7) is 1.54. The summed E-state index contributed by atoms with van der Waals surface area (Å²) < 4.78 is 0. The van der Waals surface area contributed by atoms with Gasteiger partial charge in [0.05, 0.1) is 10.5 Å². The fourth-order valence-corrected chi connectivity index (χ4v) is 5.46. The number of fused-ring (bicyclic) bond motifs is 1. The monoisotopic (exact) mass is 441 g/mol. The first-order chi connectivity index (χ1) is 14.5. The smallest absolute Gasteiger partial charge is 0.293 e. The number of thiocarbonyl (C=S) groups is 1. The Morgan fingerprint density at radius 1 is 1.27 bits per heavy atom. The Morgan fingerprint density at radius 3 is 2.73 bits per heavy atom. The first-order valence-corrected chi connectivity index (χ1v) is 10.9. The molecule has 8 nitrogen and oxygen atoms in total. The minimum Gasteiger partial charge on any atom is -0.366 e. The number of hydrogen-bond donors (Lipinski definition) is 2. The molecule has 2 N–H and O–H groups in total. The summed E-state index contributed by atoms with van der Waals surface area (Å²) in [6.07, 6.45) is 4.86. The lowest BCUT2D eigenvalue weighted by molar-refractivity contribution is -0.384. The number of nitrogens with one attached hydrogen (secondary N) is 2. The lowest BCUT2D eigenvalue weighted by Crippen LogP contribution is -2.34. The van der Waals surface area contributed by atoms with Crippen LogP contribution in [-0.2, 0) is 12.8 Å². The Labute approximate surface area is 182 Å². The molecule has 1 aromatic heterocycles. The molecular weight excluding hydrogens is 422 g/mol. The molecule has 0 unspecified atom stereocenters. The van der Waals surface area contributed by atoms with Gasteiger partial charge in [-0.05, 0) is 62.0 Å². The first-order valence-electron chi connectivity index (χ1n) is 9.68. The second-order valence-electron chi connectivity index (χ2n) is 7.24. The second kappa shape index (κ2) is 8.38. The van der Waals surface area contributed by atoms with Gasteiger partial charge in [-0.15, -0.1) is 11.3 Å². The van der Waals surface area contributed by atoms with Crippen LogP contribution in [0.4, 0.5) is 16.4 Å². The zero-order valence-electron chi connectivity index (χ0n) is 16.1. The minimum atomic E-state index is -0.536. The largest absolute Gasteiger partial charge is 0.366 e.